The third kappa shape index (κ3) is 1.39. The highest BCUT2D eigenvalue weighted by Gasteiger charge is 2.15. The summed E-state index contributed by atoms with van der Waals surface area (Å²) in [6.07, 6.45) is 4.35. The Balaban J connectivity index is 2.81. The molecule has 0 aliphatic rings. The summed E-state index contributed by atoms with van der Waals surface area (Å²) in [6, 6.07) is 5.70. The molecule has 0 N–H and O–H groups in total. The van der Waals surface area contributed by atoms with Crippen LogP contribution in [0.1, 0.15) is 5.69 Å². The Morgan fingerprint density at radius 1 is 1.36 bits per heavy atom. The lowest BCUT2D eigenvalue weighted by Gasteiger charge is -1.88. The maximum absolute atomic E-state index is 11.3. The van der Waals surface area contributed by atoms with Crippen molar-refractivity contribution >= 4 is 15.5 Å². The van der Waals surface area contributed by atoms with Gasteiger partial charge in [0, 0.05) is 0 Å². The van der Waals surface area contributed by atoms with Crippen LogP contribution in [-0.4, -0.2) is 19.1 Å². The Hall–Kier alpha value is -1.36. The molecule has 2 aromatic rings. The van der Waals surface area contributed by atoms with Gasteiger partial charge >= 0.3 is 10.0 Å². The molecule has 0 aliphatic carbocycles. The van der Waals surface area contributed by atoms with Gasteiger partial charge in [0.25, 0.3) is 6.33 Å². The fraction of sp³-hybridized carbons (Fsp3) is 0.222. The highest BCUT2D eigenvalue weighted by atomic mass is 32.2. The van der Waals surface area contributed by atoms with Crippen molar-refractivity contribution in [1.29, 1.82) is 0 Å². The molecule has 0 amide bonds. The standard InChI is InChI=1S/C9H11N2O2S/c1-8-4-3-5-9-6-10(7-11(8)9)14(2,12)13/h3-7H,1-2H3/q+1. The first-order valence-electron chi connectivity index (χ1n) is 4.18. The number of fused-ring (bicyclic) bond motifs is 1. The Kier molecular flexibility index (Phi) is 1.85. The predicted octanol–water partition coefficient (Wildman–Crippen LogP) is 0.343. The molecule has 4 nitrogen and oxygen atoms in total. The van der Waals surface area contributed by atoms with Crippen molar-refractivity contribution in [2.75, 3.05) is 6.26 Å². The van der Waals surface area contributed by atoms with Gasteiger partial charge in [0.05, 0.1) is 6.26 Å². The van der Waals surface area contributed by atoms with Crippen LogP contribution in [0, 0.1) is 6.92 Å². The summed E-state index contributed by atoms with van der Waals surface area (Å²) in [5.74, 6) is 0. The van der Waals surface area contributed by atoms with Crippen LogP contribution in [-0.2, 0) is 10.0 Å². The van der Waals surface area contributed by atoms with Gasteiger partial charge in [0.2, 0.25) is 0 Å². The number of imidazole rings is 1. The zero-order valence-corrected chi connectivity index (χ0v) is 8.82. The second-order valence-corrected chi connectivity index (χ2v) is 5.19. The van der Waals surface area contributed by atoms with Crippen LogP contribution >= 0.6 is 0 Å². The number of hydrogen-bond acceptors (Lipinski definition) is 2. The van der Waals surface area contributed by atoms with Gasteiger partial charge in [0.1, 0.15) is 5.69 Å². The summed E-state index contributed by atoms with van der Waals surface area (Å²) in [5.41, 5.74) is 1.88. The second kappa shape index (κ2) is 2.81. The number of pyridine rings is 1. The van der Waals surface area contributed by atoms with E-state index in [1.54, 1.807) is 12.5 Å². The van der Waals surface area contributed by atoms with Gasteiger partial charge in [-0.15, -0.1) is 3.97 Å². The molecule has 5 heteroatoms. The summed E-state index contributed by atoms with van der Waals surface area (Å²) in [6.45, 7) is 1.93. The molecular weight excluding hydrogens is 200 g/mol. The van der Waals surface area contributed by atoms with Crippen LogP contribution in [0.5, 0.6) is 0 Å². The van der Waals surface area contributed by atoms with Crippen molar-refractivity contribution in [2.24, 2.45) is 0 Å². The molecule has 0 saturated carbocycles. The van der Waals surface area contributed by atoms with Crippen molar-refractivity contribution < 1.29 is 12.4 Å². The monoisotopic (exact) mass is 211 g/mol. The quantitative estimate of drug-likeness (QED) is 0.638. The van der Waals surface area contributed by atoms with E-state index in [1.807, 2.05) is 29.5 Å². The Labute approximate surface area is 82.5 Å². The van der Waals surface area contributed by atoms with Crippen LogP contribution in [0.4, 0.5) is 0 Å². The molecule has 0 atom stereocenters. The van der Waals surface area contributed by atoms with E-state index in [1.165, 1.54) is 10.2 Å². The van der Waals surface area contributed by atoms with E-state index < -0.39 is 10.0 Å². The third-order valence-electron chi connectivity index (χ3n) is 2.13. The third-order valence-corrected chi connectivity index (χ3v) is 3.10. The van der Waals surface area contributed by atoms with Gasteiger partial charge in [0.15, 0.2) is 11.7 Å². The number of aromatic nitrogens is 2. The molecule has 74 valence electrons. The van der Waals surface area contributed by atoms with Gasteiger partial charge in [-0.2, -0.15) is 12.8 Å². The zero-order chi connectivity index (χ0) is 10.3. The maximum atomic E-state index is 11.3. The first kappa shape index (κ1) is 9.21. The maximum Gasteiger partial charge on any atom is 0.302 e. The van der Waals surface area contributed by atoms with E-state index in [2.05, 4.69) is 0 Å². The van der Waals surface area contributed by atoms with E-state index in [0.29, 0.717) is 0 Å². The largest absolute Gasteiger partial charge is 0.302 e. The van der Waals surface area contributed by atoms with E-state index in [0.717, 1.165) is 11.2 Å². The van der Waals surface area contributed by atoms with E-state index >= 15 is 0 Å². The molecule has 2 rings (SSSR count). The predicted molar refractivity (Wildman–Crippen MR) is 52.6 cm³/mol. The van der Waals surface area contributed by atoms with Crippen molar-refractivity contribution in [3.63, 3.8) is 0 Å². The van der Waals surface area contributed by atoms with Crippen LogP contribution in [0.25, 0.3) is 5.52 Å². The molecule has 0 radical (unpaired) electrons. The molecule has 2 heterocycles. The van der Waals surface area contributed by atoms with Crippen LogP contribution in [0.2, 0.25) is 0 Å². The minimum atomic E-state index is -3.19. The number of rotatable bonds is 1. The van der Waals surface area contributed by atoms with Crippen molar-refractivity contribution in [3.05, 3.63) is 36.4 Å². The molecule has 0 aromatic carbocycles. The van der Waals surface area contributed by atoms with E-state index in [-0.39, 0.29) is 0 Å². The van der Waals surface area contributed by atoms with Gasteiger partial charge < -0.3 is 0 Å². The fourth-order valence-corrected chi connectivity index (χ4v) is 1.94. The smallest absolute Gasteiger partial charge is 0.199 e. The van der Waals surface area contributed by atoms with Gasteiger partial charge in [-0.1, -0.05) is 6.07 Å². The van der Waals surface area contributed by atoms with Crippen LogP contribution in [0.15, 0.2) is 30.7 Å². The van der Waals surface area contributed by atoms with Crippen molar-refractivity contribution in [2.45, 2.75) is 6.92 Å². The number of aryl methyl sites for hydroxylation is 1. The first-order chi connectivity index (χ1) is 6.48. The Morgan fingerprint density at radius 2 is 2.07 bits per heavy atom. The Bertz CT molecular complexity index is 584. The summed E-state index contributed by atoms with van der Waals surface area (Å²) in [7, 11) is -3.19. The SMILES string of the molecule is Cc1cccc2c[n+](S(C)(=O)=O)cn12. The average molecular weight is 211 g/mol. The van der Waals surface area contributed by atoms with Gasteiger partial charge in [-0.3, -0.25) is 0 Å². The molecule has 0 saturated heterocycles. The van der Waals surface area contributed by atoms with Crippen molar-refractivity contribution in [3.8, 4) is 0 Å². The van der Waals surface area contributed by atoms with Crippen LogP contribution in [0.3, 0.4) is 0 Å². The van der Waals surface area contributed by atoms with Crippen molar-refractivity contribution in [1.82, 2.24) is 4.40 Å². The van der Waals surface area contributed by atoms with Gasteiger partial charge in [-0.05, 0) is 19.1 Å². The highest BCUT2D eigenvalue weighted by Crippen LogP contribution is 2.04. The molecule has 14 heavy (non-hydrogen) atoms. The molecule has 0 unspecified atom stereocenters. The lowest BCUT2D eigenvalue weighted by molar-refractivity contribution is -0.508. The molecule has 0 fully saturated rings. The molecule has 2 aromatic heterocycles. The van der Waals surface area contributed by atoms with Gasteiger partial charge in [-0.25, -0.2) is 0 Å². The molecule has 0 aliphatic heterocycles. The summed E-state index contributed by atoms with van der Waals surface area (Å²) in [5, 5.41) is 0. The first-order valence-corrected chi connectivity index (χ1v) is 6.03. The van der Waals surface area contributed by atoms with E-state index in [4.69, 9.17) is 0 Å². The highest BCUT2D eigenvalue weighted by molar-refractivity contribution is 7.84. The number of hydrogen-bond donors (Lipinski definition) is 0. The zero-order valence-electron chi connectivity index (χ0n) is 8.01. The fourth-order valence-electron chi connectivity index (χ4n) is 1.37. The van der Waals surface area contributed by atoms with E-state index in [9.17, 15) is 8.42 Å². The normalized spacial score (nSPS) is 12.1. The minimum absolute atomic E-state index is 0.871. The number of nitrogens with zero attached hydrogens (tertiary/aromatic N) is 2. The summed E-state index contributed by atoms with van der Waals surface area (Å²) in [4.78, 5) is 0. The topological polar surface area (TPSA) is 42.4 Å². The lowest BCUT2D eigenvalue weighted by Crippen LogP contribution is -2.39. The molecule has 0 bridgehead atoms. The molecule has 0 spiro atoms. The van der Waals surface area contributed by atoms with Crippen LogP contribution < -0.4 is 3.97 Å². The lowest BCUT2D eigenvalue weighted by atomic mass is 10.3. The second-order valence-electron chi connectivity index (χ2n) is 3.30. The summed E-state index contributed by atoms with van der Waals surface area (Å²) < 4.78 is 25.6. The molecular formula is C9H11N2O2S+. The summed E-state index contributed by atoms with van der Waals surface area (Å²) >= 11 is 0. The average Bonchev–Trinajstić information content (AvgIpc) is 2.48. The minimum Gasteiger partial charge on any atom is -0.199 e. The Morgan fingerprint density at radius 3 is 2.64 bits per heavy atom.